The molecular weight excluding hydrogens is 272 g/mol. The number of sulfonamides is 1. The Labute approximate surface area is 119 Å². The highest BCUT2D eigenvalue weighted by atomic mass is 32.2. The molecule has 0 bridgehead atoms. The highest BCUT2D eigenvalue weighted by Crippen LogP contribution is 2.17. The van der Waals surface area contributed by atoms with Crippen LogP contribution in [-0.4, -0.2) is 14.6 Å². The van der Waals surface area contributed by atoms with Gasteiger partial charge >= 0.3 is 0 Å². The molecule has 0 fully saturated rings. The van der Waals surface area contributed by atoms with Crippen LogP contribution in [-0.2, 0) is 10.0 Å². The molecule has 0 atom stereocenters. The summed E-state index contributed by atoms with van der Waals surface area (Å²) >= 11 is 0. The first-order valence-electron chi connectivity index (χ1n) is 6.11. The van der Waals surface area contributed by atoms with Crippen LogP contribution in [0.5, 0.6) is 0 Å². The molecule has 2 aromatic rings. The van der Waals surface area contributed by atoms with E-state index in [-0.39, 0.29) is 4.90 Å². The summed E-state index contributed by atoms with van der Waals surface area (Å²) < 4.78 is 23.8. The van der Waals surface area contributed by atoms with Crippen molar-refractivity contribution in [2.24, 2.45) is 5.10 Å². The molecular formula is C15H15N2O2S-. The zero-order valence-electron chi connectivity index (χ0n) is 11.3. The topological polar surface area (TPSA) is 60.6 Å². The van der Waals surface area contributed by atoms with Crippen molar-refractivity contribution < 1.29 is 8.42 Å². The highest BCUT2D eigenvalue weighted by Gasteiger charge is 2.02. The van der Waals surface area contributed by atoms with Crippen LogP contribution in [0, 0.1) is 13.8 Å². The Hall–Kier alpha value is -2.14. The van der Waals surface area contributed by atoms with E-state index < -0.39 is 10.0 Å². The first-order valence-corrected chi connectivity index (χ1v) is 7.55. The summed E-state index contributed by atoms with van der Waals surface area (Å²) in [6.07, 6.45) is 1.42. The van der Waals surface area contributed by atoms with E-state index in [9.17, 15) is 8.42 Å². The zero-order chi connectivity index (χ0) is 14.6. The van der Waals surface area contributed by atoms with E-state index in [2.05, 4.69) is 9.93 Å². The van der Waals surface area contributed by atoms with Gasteiger partial charge in [-0.25, -0.2) is 8.42 Å². The molecule has 0 aliphatic heterocycles. The monoisotopic (exact) mass is 287 g/mol. The lowest BCUT2D eigenvalue weighted by Crippen LogP contribution is -1.97. The minimum absolute atomic E-state index is 0.143. The van der Waals surface area contributed by atoms with Crippen molar-refractivity contribution in [3.8, 4) is 0 Å². The molecule has 4 nitrogen and oxygen atoms in total. The summed E-state index contributed by atoms with van der Waals surface area (Å²) in [6.45, 7) is 3.87. The second-order valence-electron chi connectivity index (χ2n) is 4.53. The Morgan fingerprint density at radius 2 is 1.40 bits per heavy atom. The van der Waals surface area contributed by atoms with Gasteiger partial charge in [0.15, 0.2) is 0 Å². The molecule has 104 valence electrons. The molecule has 0 aliphatic rings. The third kappa shape index (κ3) is 3.68. The lowest BCUT2D eigenvalue weighted by Gasteiger charge is -2.15. The standard InChI is InChI=1S/C15H15N2O2S/c1-12-3-7-14(8-4-12)11-16-17-20(18,19)15-9-5-13(2)6-10-15/h3-11H,1-2H3/q-1/b16-11+. The van der Waals surface area contributed by atoms with Crippen LogP contribution >= 0.6 is 0 Å². The molecule has 0 heterocycles. The van der Waals surface area contributed by atoms with E-state index in [0.717, 1.165) is 16.7 Å². The Balaban J connectivity index is 2.09. The number of hydrogen-bond acceptors (Lipinski definition) is 3. The van der Waals surface area contributed by atoms with Gasteiger partial charge in [-0.05, 0) is 31.5 Å². The van der Waals surface area contributed by atoms with Gasteiger partial charge in [-0.1, -0.05) is 47.5 Å². The Morgan fingerprint density at radius 1 is 0.900 bits per heavy atom. The van der Waals surface area contributed by atoms with Gasteiger partial charge in [0, 0.05) is 6.21 Å². The van der Waals surface area contributed by atoms with E-state index >= 15 is 0 Å². The maximum Gasteiger partial charge on any atom is 0.135 e. The van der Waals surface area contributed by atoms with Crippen molar-refractivity contribution in [1.29, 1.82) is 0 Å². The quantitative estimate of drug-likeness (QED) is 0.639. The van der Waals surface area contributed by atoms with Gasteiger partial charge in [-0.3, -0.25) is 0 Å². The van der Waals surface area contributed by atoms with Gasteiger partial charge in [-0.15, -0.1) is 0 Å². The summed E-state index contributed by atoms with van der Waals surface area (Å²) in [7, 11) is -3.73. The van der Waals surface area contributed by atoms with Gasteiger partial charge in [0.05, 0.1) is 4.90 Å². The number of nitrogens with zero attached hydrogens (tertiary/aromatic N) is 2. The summed E-state index contributed by atoms with van der Waals surface area (Å²) in [6, 6.07) is 14.1. The molecule has 0 saturated heterocycles. The molecule has 2 aromatic carbocycles. The SMILES string of the molecule is Cc1ccc(/C=N/[N-]S(=O)(=O)c2ccc(C)cc2)cc1. The van der Waals surface area contributed by atoms with Crippen LogP contribution in [0.3, 0.4) is 0 Å². The molecule has 2 rings (SSSR count). The zero-order valence-corrected chi connectivity index (χ0v) is 12.1. The molecule has 0 aromatic heterocycles. The molecule has 0 spiro atoms. The number of benzene rings is 2. The van der Waals surface area contributed by atoms with Crippen molar-refractivity contribution in [1.82, 2.24) is 0 Å². The molecule has 20 heavy (non-hydrogen) atoms. The Kier molecular flexibility index (Phi) is 4.20. The van der Waals surface area contributed by atoms with E-state index in [0.29, 0.717) is 0 Å². The molecule has 0 amide bonds. The van der Waals surface area contributed by atoms with Crippen LogP contribution in [0.2, 0.25) is 0 Å². The van der Waals surface area contributed by atoms with Gasteiger partial charge in [-0.2, -0.15) is 0 Å². The summed E-state index contributed by atoms with van der Waals surface area (Å²) in [5.74, 6) is 0. The fourth-order valence-electron chi connectivity index (χ4n) is 1.56. The normalized spacial score (nSPS) is 11.7. The van der Waals surface area contributed by atoms with E-state index in [4.69, 9.17) is 0 Å². The van der Waals surface area contributed by atoms with E-state index in [1.165, 1.54) is 18.3 Å². The lowest BCUT2D eigenvalue weighted by molar-refractivity contribution is 0.602. The minimum atomic E-state index is -3.73. The number of aryl methyl sites for hydroxylation is 2. The van der Waals surface area contributed by atoms with Gasteiger partial charge in [0.25, 0.3) is 0 Å². The summed E-state index contributed by atoms with van der Waals surface area (Å²) in [5.41, 5.74) is 2.93. The smallest absolute Gasteiger partial charge is 0.135 e. The van der Waals surface area contributed by atoms with Crippen molar-refractivity contribution >= 4 is 16.2 Å². The molecule has 0 N–H and O–H groups in total. The van der Waals surface area contributed by atoms with E-state index in [1.807, 2.05) is 38.1 Å². The van der Waals surface area contributed by atoms with Crippen molar-refractivity contribution in [2.75, 3.05) is 0 Å². The van der Waals surface area contributed by atoms with Crippen molar-refractivity contribution in [2.45, 2.75) is 18.7 Å². The average Bonchev–Trinajstić information content (AvgIpc) is 2.41. The first-order chi connectivity index (χ1) is 9.47. The Bertz CT molecular complexity index is 703. The van der Waals surface area contributed by atoms with Gasteiger partial charge in [0.1, 0.15) is 10.0 Å². The second-order valence-corrected chi connectivity index (χ2v) is 6.11. The second kappa shape index (κ2) is 5.88. The molecule has 5 heteroatoms. The maximum absolute atomic E-state index is 11.9. The first kappa shape index (κ1) is 14.3. The minimum Gasteiger partial charge on any atom is -0.491 e. The fraction of sp³-hybridized carbons (Fsp3) is 0.133. The van der Waals surface area contributed by atoms with Crippen molar-refractivity contribution in [3.05, 3.63) is 70.1 Å². The molecule has 0 aliphatic carbocycles. The van der Waals surface area contributed by atoms with Crippen molar-refractivity contribution in [3.63, 3.8) is 0 Å². The van der Waals surface area contributed by atoms with E-state index in [1.54, 1.807) is 12.1 Å². The van der Waals surface area contributed by atoms with Gasteiger partial charge in [0.2, 0.25) is 0 Å². The number of rotatable bonds is 4. The maximum atomic E-state index is 11.9. The highest BCUT2D eigenvalue weighted by molar-refractivity contribution is 7.93. The third-order valence-corrected chi connectivity index (χ3v) is 3.93. The number of hydrogen-bond donors (Lipinski definition) is 0. The Morgan fingerprint density at radius 3 is 1.95 bits per heavy atom. The van der Waals surface area contributed by atoms with Crippen LogP contribution in [0.15, 0.2) is 58.5 Å². The lowest BCUT2D eigenvalue weighted by atomic mass is 10.2. The molecule has 0 saturated carbocycles. The van der Waals surface area contributed by atoms with Crippen LogP contribution in [0.1, 0.15) is 16.7 Å². The fourth-order valence-corrected chi connectivity index (χ4v) is 2.31. The van der Waals surface area contributed by atoms with Gasteiger partial charge < -0.3 is 9.93 Å². The average molecular weight is 287 g/mol. The summed E-state index contributed by atoms with van der Waals surface area (Å²) in [5, 5.41) is 3.65. The predicted octanol–water partition coefficient (Wildman–Crippen LogP) is 3.40. The molecule has 0 radical (unpaired) electrons. The third-order valence-electron chi connectivity index (χ3n) is 2.76. The summed E-state index contributed by atoms with van der Waals surface area (Å²) in [4.78, 5) is 3.56. The van der Waals surface area contributed by atoms with Crippen LogP contribution < -0.4 is 0 Å². The van der Waals surface area contributed by atoms with Crippen LogP contribution in [0.4, 0.5) is 0 Å². The largest absolute Gasteiger partial charge is 0.491 e. The van der Waals surface area contributed by atoms with Crippen LogP contribution in [0.25, 0.3) is 4.83 Å². The molecule has 0 unspecified atom stereocenters. The predicted molar refractivity (Wildman–Crippen MR) is 80.5 cm³/mol.